The molecular formula is C15H14N4. The Morgan fingerprint density at radius 3 is 2.74 bits per heavy atom. The average Bonchev–Trinajstić information content (AvgIpc) is 2.93. The zero-order valence-electron chi connectivity index (χ0n) is 10.6. The van der Waals surface area contributed by atoms with Crippen molar-refractivity contribution in [3.63, 3.8) is 0 Å². The van der Waals surface area contributed by atoms with E-state index in [1.165, 1.54) is 29.7 Å². The summed E-state index contributed by atoms with van der Waals surface area (Å²) in [7, 11) is 0. The van der Waals surface area contributed by atoms with Gasteiger partial charge in [0, 0.05) is 16.8 Å². The van der Waals surface area contributed by atoms with E-state index in [-0.39, 0.29) is 0 Å². The second-order valence-electron chi connectivity index (χ2n) is 4.93. The summed E-state index contributed by atoms with van der Waals surface area (Å²) in [5, 5.41) is 4.35. The molecule has 1 aliphatic rings. The van der Waals surface area contributed by atoms with Crippen LogP contribution in [0.25, 0.3) is 17.0 Å². The van der Waals surface area contributed by atoms with Gasteiger partial charge in [-0.1, -0.05) is 30.3 Å². The van der Waals surface area contributed by atoms with Gasteiger partial charge in [-0.2, -0.15) is 14.6 Å². The zero-order chi connectivity index (χ0) is 12.7. The zero-order valence-corrected chi connectivity index (χ0v) is 10.6. The minimum Gasteiger partial charge on any atom is -0.216 e. The van der Waals surface area contributed by atoms with E-state index in [0.29, 0.717) is 5.78 Å². The molecule has 0 saturated heterocycles. The lowest BCUT2D eigenvalue weighted by atomic mass is 9.92. The fourth-order valence-corrected chi connectivity index (χ4v) is 2.88. The van der Waals surface area contributed by atoms with E-state index in [1.807, 2.05) is 10.6 Å². The van der Waals surface area contributed by atoms with Crippen molar-refractivity contribution < 1.29 is 0 Å². The summed E-state index contributed by atoms with van der Waals surface area (Å²) in [6.07, 6.45) is 6.17. The number of hydrogen-bond donors (Lipinski definition) is 0. The molecule has 0 saturated carbocycles. The van der Waals surface area contributed by atoms with E-state index in [0.717, 1.165) is 18.5 Å². The van der Waals surface area contributed by atoms with Gasteiger partial charge >= 0.3 is 0 Å². The van der Waals surface area contributed by atoms with Crippen molar-refractivity contribution in [3.05, 3.63) is 47.9 Å². The number of aryl methyl sites for hydroxylation is 1. The van der Waals surface area contributed by atoms with Gasteiger partial charge in [-0.05, 0) is 25.7 Å². The minimum atomic E-state index is 0.708. The first kappa shape index (κ1) is 10.7. The molecule has 1 aromatic carbocycles. The van der Waals surface area contributed by atoms with Crippen molar-refractivity contribution in [2.24, 2.45) is 0 Å². The maximum atomic E-state index is 4.65. The number of fused-ring (bicyclic) bond motifs is 2. The third kappa shape index (κ3) is 1.63. The molecule has 0 N–H and O–H groups in total. The van der Waals surface area contributed by atoms with Crippen molar-refractivity contribution in [2.75, 3.05) is 0 Å². The standard InChI is InChI=1S/C15H14N4/c1-2-6-11(7-3-1)14-12-8-4-5-9-13(12)18-15-16-10-17-19(14)15/h1-3,6-7,10H,4-5,8-9H2. The number of hydrogen-bond acceptors (Lipinski definition) is 3. The maximum absolute atomic E-state index is 4.65. The van der Waals surface area contributed by atoms with E-state index < -0.39 is 0 Å². The van der Waals surface area contributed by atoms with Gasteiger partial charge in [-0.25, -0.2) is 4.98 Å². The van der Waals surface area contributed by atoms with Crippen LogP contribution in [0.3, 0.4) is 0 Å². The smallest absolute Gasteiger partial charge is 0.216 e. The van der Waals surface area contributed by atoms with Crippen LogP contribution in [-0.4, -0.2) is 19.6 Å². The number of benzene rings is 1. The predicted octanol–water partition coefficient (Wildman–Crippen LogP) is 2.67. The summed E-state index contributed by atoms with van der Waals surface area (Å²) >= 11 is 0. The van der Waals surface area contributed by atoms with E-state index in [4.69, 9.17) is 0 Å². The summed E-state index contributed by atoms with van der Waals surface area (Å²) in [6.45, 7) is 0. The molecule has 0 atom stereocenters. The van der Waals surface area contributed by atoms with Crippen LogP contribution in [0.15, 0.2) is 36.7 Å². The molecular weight excluding hydrogens is 236 g/mol. The van der Waals surface area contributed by atoms with Gasteiger partial charge in [0.05, 0.1) is 5.69 Å². The van der Waals surface area contributed by atoms with Crippen molar-refractivity contribution in [2.45, 2.75) is 25.7 Å². The monoisotopic (exact) mass is 250 g/mol. The Kier molecular flexibility index (Phi) is 2.33. The number of rotatable bonds is 1. The van der Waals surface area contributed by atoms with E-state index in [1.54, 1.807) is 6.33 Å². The number of nitrogens with zero attached hydrogens (tertiary/aromatic N) is 4. The molecule has 0 amide bonds. The molecule has 4 heteroatoms. The second kappa shape index (κ2) is 4.16. The molecule has 0 spiro atoms. The molecule has 4 rings (SSSR count). The van der Waals surface area contributed by atoms with Gasteiger partial charge in [0.2, 0.25) is 0 Å². The minimum absolute atomic E-state index is 0.708. The molecule has 0 aliphatic heterocycles. The highest BCUT2D eigenvalue weighted by molar-refractivity contribution is 5.66. The molecule has 2 aromatic heterocycles. The van der Waals surface area contributed by atoms with Crippen LogP contribution < -0.4 is 0 Å². The lowest BCUT2D eigenvalue weighted by Gasteiger charge is -2.19. The third-order valence-electron chi connectivity index (χ3n) is 3.75. The van der Waals surface area contributed by atoms with Crippen LogP contribution >= 0.6 is 0 Å². The summed E-state index contributed by atoms with van der Waals surface area (Å²) in [5.74, 6) is 0.708. The fraction of sp³-hybridized carbons (Fsp3) is 0.267. The van der Waals surface area contributed by atoms with Gasteiger partial charge in [0.1, 0.15) is 6.33 Å². The molecule has 2 heterocycles. The predicted molar refractivity (Wildman–Crippen MR) is 72.9 cm³/mol. The molecule has 0 unspecified atom stereocenters. The number of aromatic nitrogens is 4. The van der Waals surface area contributed by atoms with Crippen molar-refractivity contribution in [1.82, 2.24) is 19.6 Å². The second-order valence-corrected chi connectivity index (χ2v) is 4.93. The van der Waals surface area contributed by atoms with Crippen LogP contribution in [0.1, 0.15) is 24.1 Å². The quantitative estimate of drug-likeness (QED) is 0.667. The molecule has 94 valence electrons. The normalized spacial score (nSPS) is 14.5. The summed E-state index contributed by atoms with van der Waals surface area (Å²) in [5.41, 5.74) is 4.90. The van der Waals surface area contributed by atoms with Crippen LogP contribution in [0.5, 0.6) is 0 Å². The highest BCUT2D eigenvalue weighted by Crippen LogP contribution is 2.30. The van der Waals surface area contributed by atoms with E-state index >= 15 is 0 Å². The molecule has 4 nitrogen and oxygen atoms in total. The first-order valence-corrected chi connectivity index (χ1v) is 6.70. The van der Waals surface area contributed by atoms with Crippen LogP contribution in [0.4, 0.5) is 0 Å². The van der Waals surface area contributed by atoms with Gasteiger partial charge < -0.3 is 0 Å². The highest BCUT2D eigenvalue weighted by Gasteiger charge is 2.20. The maximum Gasteiger partial charge on any atom is 0.252 e. The third-order valence-corrected chi connectivity index (χ3v) is 3.75. The molecule has 3 aromatic rings. The Morgan fingerprint density at radius 2 is 1.84 bits per heavy atom. The Hall–Kier alpha value is -2.23. The van der Waals surface area contributed by atoms with E-state index in [2.05, 4.69) is 39.3 Å². The van der Waals surface area contributed by atoms with Gasteiger partial charge in [0.15, 0.2) is 0 Å². The Labute approximate surface area is 111 Å². The summed E-state index contributed by atoms with van der Waals surface area (Å²) in [4.78, 5) is 8.90. The Bertz CT molecular complexity index is 730. The van der Waals surface area contributed by atoms with E-state index in [9.17, 15) is 0 Å². The van der Waals surface area contributed by atoms with Gasteiger partial charge in [-0.3, -0.25) is 0 Å². The Morgan fingerprint density at radius 1 is 1.00 bits per heavy atom. The van der Waals surface area contributed by atoms with Crippen molar-refractivity contribution in [1.29, 1.82) is 0 Å². The molecule has 1 aliphatic carbocycles. The highest BCUT2D eigenvalue weighted by atomic mass is 15.3. The van der Waals surface area contributed by atoms with Crippen LogP contribution in [0, 0.1) is 0 Å². The first-order valence-electron chi connectivity index (χ1n) is 6.70. The van der Waals surface area contributed by atoms with Crippen molar-refractivity contribution in [3.8, 4) is 11.3 Å². The van der Waals surface area contributed by atoms with Crippen LogP contribution in [-0.2, 0) is 12.8 Å². The SMILES string of the molecule is c1ccc(-c2c3c(nc4ncnn24)CCCC3)cc1. The molecule has 19 heavy (non-hydrogen) atoms. The summed E-state index contributed by atoms with van der Waals surface area (Å²) < 4.78 is 1.87. The topological polar surface area (TPSA) is 43.1 Å². The largest absolute Gasteiger partial charge is 0.252 e. The Balaban J connectivity index is 2.09. The van der Waals surface area contributed by atoms with Crippen molar-refractivity contribution >= 4 is 5.78 Å². The molecule has 0 radical (unpaired) electrons. The summed E-state index contributed by atoms with van der Waals surface area (Å²) in [6, 6.07) is 10.4. The first-order chi connectivity index (χ1) is 9.43. The lowest BCUT2D eigenvalue weighted by Crippen LogP contribution is -2.12. The lowest BCUT2D eigenvalue weighted by molar-refractivity contribution is 0.661. The van der Waals surface area contributed by atoms with Crippen LogP contribution in [0.2, 0.25) is 0 Å². The average molecular weight is 250 g/mol. The van der Waals surface area contributed by atoms with Gasteiger partial charge in [0.25, 0.3) is 5.78 Å². The fourth-order valence-electron chi connectivity index (χ4n) is 2.88. The van der Waals surface area contributed by atoms with Gasteiger partial charge in [-0.15, -0.1) is 0 Å². The molecule has 0 bridgehead atoms. The molecule has 0 fully saturated rings.